The average molecular weight is 464 g/mol. The van der Waals surface area contributed by atoms with Crippen LogP contribution in [0.2, 0.25) is 0 Å². The van der Waals surface area contributed by atoms with Crippen LogP contribution in [0.3, 0.4) is 0 Å². The van der Waals surface area contributed by atoms with Crippen molar-refractivity contribution in [3.63, 3.8) is 0 Å². The zero-order valence-corrected chi connectivity index (χ0v) is 19.0. The number of nitrogens with zero attached hydrogens (tertiary/aromatic N) is 2. The minimum absolute atomic E-state index is 0.278. The second-order valence-electron chi connectivity index (χ2n) is 7.84. The van der Waals surface area contributed by atoms with Crippen molar-refractivity contribution in [2.24, 2.45) is 5.16 Å². The van der Waals surface area contributed by atoms with Gasteiger partial charge in [-0.25, -0.2) is 9.18 Å². The van der Waals surface area contributed by atoms with Crippen LogP contribution in [0.4, 0.5) is 14.9 Å². The summed E-state index contributed by atoms with van der Waals surface area (Å²) in [4.78, 5) is 20.6. The number of oxime groups is 1. The number of carbonyl (C=O) groups is 1. The largest absolute Gasteiger partial charge is 0.497 e. The van der Waals surface area contributed by atoms with Crippen molar-refractivity contribution in [1.82, 2.24) is 4.90 Å². The van der Waals surface area contributed by atoms with Gasteiger partial charge in [0.1, 0.15) is 17.3 Å². The van der Waals surface area contributed by atoms with Gasteiger partial charge in [0.15, 0.2) is 6.10 Å². The number of amides is 2. The molecule has 4 rings (SSSR count). The van der Waals surface area contributed by atoms with Gasteiger partial charge in [0.2, 0.25) is 0 Å². The number of ether oxygens (including phenoxy) is 2. The minimum atomic E-state index is -0.368. The monoisotopic (exact) mass is 463 g/mol. The standard InChI is InChI=1S/C26H26FN3O4/c1-32-21-10-5-7-18(13-21)16-30(26(31)28-23-11-3-4-12-25(23)33-2)17-22-15-24(29-34-22)19-8-6-9-20(27)14-19/h3-14,22H,15-17H2,1-2H3,(H,28,31). The Labute approximate surface area is 197 Å². The number of nitrogens with one attached hydrogen (secondary N) is 1. The molecule has 0 spiro atoms. The highest BCUT2D eigenvalue weighted by Crippen LogP contribution is 2.25. The molecule has 8 heteroatoms. The fourth-order valence-corrected chi connectivity index (χ4v) is 3.76. The molecule has 3 aromatic carbocycles. The fraction of sp³-hybridized carbons (Fsp3) is 0.231. The maximum absolute atomic E-state index is 13.6. The number of urea groups is 1. The molecule has 1 unspecified atom stereocenters. The third-order valence-corrected chi connectivity index (χ3v) is 5.46. The predicted molar refractivity (Wildman–Crippen MR) is 128 cm³/mol. The molecule has 0 saturated carbocycles. The number of anilines is 1. The number of halogens is 1. The third-order valence-electron chi connectivity index (χ3n) is 5.46. The van der Waals surface area contributed by atoms with Crippen molar-refractivity contribution in [1.29, 1.82) is 0 Å². The summed E-state index contributed by atoms with van der Waals surface area (Å²) in [6.45, 7) is 0.605. The van der Waals surface area contributed by atoms with Gasteiger partial charge in [0.25, 0.3) is 0 Å². The molecule has 1 aliphatic heterocycles. The molecular formula is C26H26FN3O4. The van der Waals surface area contributed by atoms with Gasteiger partial charge in [-0.3, -0.25) is 0 Å². The first-order valence-electron chi connectivity index (χ1n) is 10.9. The van der Waals surface area contributed by atoms with Crippen LogP contribution in [0.5, 0.6) is 11.5 Å². The summed E-state index contributed by atoms with van der Waals surface area (Å²) in [6.07, 6.45) is 0.0901. The summed E-state index contributed by atoms with van der Waals surface area (Å²) < 4.78 is 24.3. The summed E-state index contributed by atoms with van der Waals surface area (Å²) in [5, 5.41) is 7.06. The van der Waals surface area contributed by atoms with Crippen LogP contribution >= 0.6 is 0 Å². The topological polar surface area (TPSA) is 72.4 Å². The number of para-hydroxylation sites is 2. The first-order valence-corrected chi connectivity index (χ1v) is 10.9. The Bertz CT molecular complexity index is 1180. The normalized spacial score (nSPS) is 14.7. The number of hydrogen-bond donors (Lipinski definition) is 1. The Morgan fingerprint density at radius 1 is 1.09 bits per heavy atom. The van der Waals surface area contributed by atoms with Crippen LogP contribution in [0.15, 0.2) is 78.0 Å². The SMILES string of the molecule is COc1cccc(CN(CC2CC(c3cccc(F)c3)=NO2)C(=O)Nc2ccccc2OC)c1. The van der Waals surface area contributed by atoms with Gasteiger partial charge in [0, 0.05) is 18.5 Å². The van der Waals surface area contributed by atoms with Crippen LogP contribution in [0, 0.1) is 5.82 Å². The van der Waals surface area contributed by atoms with E-state index in [9.17, 15) is 9.18 Å². The molecule has 0 saturated heterocycles. The zero-order valence-electron chi connectivity index (χ0n) is 19.0. The Morgan fingerprint density at radius 3 is 2.71 bits per heavy atom. The van der Waals surface area contributed by atoms with Gasteiger partial charge in [-0.1, -0.05) is 41.6 Å². The van der Waals surface area contributed by atoms with Gasteiger partial charge >= 0.3 is 6.03 Å². The van der Waals surface area contributed by atoms with Crippen LogP contribution < -0.4 is 14.8 Å². The van der Waals surface area contributed by atoms with E-state index >= 15 is 0 Å². The molecule has 0 aliphatic carbocycles. The highest BCUT2D eigenvalue weighted by Gasteiger charge is 2.27. The Kier molecular flexibility index (Phi) is 7.27. The first kappa shape index (κ1) is 23.1. The lowest BCUT2D eigenvalue weighted by molar-refractivity contribution is 0.0608. The van der Waals surface area contributed by atoms with E-state index in [2.05, 4.69) is 10.5 Å². The number of rotatable bonds is 8. The van der Waals surface area contributed by atoms with Crippen molar-refractivity contribution in [3.8, 4) is 11.5 Å². The molecule has 3 aromatic rings. The van der Waals surface area contributed by atoms with Gasteiger partial charge in [-0.15, -0.1) is 0 Å². The lowest BCUT2D eigenvalue weighted by Gasteiger charge is -2.26. The van der Waals surface area contributed by atoms with Crippen molar-refractivity contribution in [2.45, 2.75) is 19.1 Å². The molecule has 0 bridgehead atoms. The van der Waals surface area contributed by atoms with E-state index in [0.717, 1.165) is 5.56 Å². The zero-order chi connectivity index (χ0) is 23.9. The molecule has 1 atom stereocenters. The second kappa shape index (κ2) is 10.7. The molecular weight excluding hydrogens is 437 g/mol. The summed E-state index contributed by atoms with van der Waals surface area (Å²) >= 11 is 0. The minimum Gasteiger partial charge on any atom is -0.497 e. The molecule has 0 radical (unpaired) electrons. The maximum Gasteiger partial charge on any atom is 0.322 e. The van der Waals surface area contributed by atoms with Crippen molar-refractivity contribution in [2.75, 3.05) is 26.1 Å². The molecule has 1 N–H and O–H groups in total. The average Bonchev–Trinajstić information content (AvgIpc) is 3.33. The number of benzene rings is 3. The van der Waals surface area contributed by atoms with E-state index in [1.165, 1.54) is 12.1 Å². The molecule has 1 aliphatic rings. The van der Waals surface area contributed by atoms with E-state index in [0.29, 0.717) is 41.4 Å². The molecule has 2 amide bonds. The predicted octanol–water partition coefficient (Wildman–Crippen LogP) is 5.07. The molecule has 0 fully saturated rings. The van der Waals surface area contributed by atoms with E-state index in [-0.39, 0.29) is 24.5 Å². The van der Waals surface area contributed by atoms with Gasteiger partial charge in [-0.05, 0) is 42.0 Å². The van der Waals surface area contributed by atoms with E-state index < -0.39 is 0 Å². The third kappa shape index (κ3) is 5.64. The second-order valence-corrected chi connectivity index (χ2v) is 7.84. The van der Waals surface area contributed by atoms with Crippen LogP contribution in [-0.2, 0) is 11.4 Å². The van der Waals surface area contributed by atoms with Crippen LogP contribution in [-0.4, -0.2) is 43.5 Å². The van der Waals surface area contributed by atoms with Crippen LogP contribution in [0.25, 0.3) is 0 Å². The van der Waals surface area contributed by atoms with Gasteiger partial charge in [-0.2, -0.15) is 0 Å². The summed E-state index contributed by atoms with van der Waals surface area (Å²) in [6, 6.07) is 20.7. The van der Waals surface area contributed by atoms with E-state index in [4.69, 9.17) is 14.3 Å². The highest BCUT2D eigenvalue weighted by molar-refractivity contribution is 6.01. The number of methoxy groups -OCH3 is 2. The number of hydrogen-bond acceptors (Lipinski definition) is 5. The van der Waals surface area contributed by atoms with Crippen molar-refractivity contribution in [3.05, 3.63) is 89.7 Å². The van der Waals surface area contributed by atoms with Crippen molar-refractivity contribution < 1.29 is 23.5 Å². The Balaban J connectivity index is 1.51. The van der Waals surface area contributed by atoms with E-state index in [1.54, 1.807) is 43.4 Å². The number of carbonyl (C=O) groups excluding carboxylic acids is 1. The Morgan fingerprint density at radius 2 is 1.91 bits per heavy atom. The molecule has 1 heterocycles. The maximum atomic E-state index is 13.6. The first-order chi connectivity index (χ1) is 16.6. The molecule has 34 heavy (non-hydrogen) atoms. The fourth-order valence-electron chi connectivity index (χ4n) is 3.76. The molecule has 0 aromatic heterocycles. The van der Waals surface area contributed by atoms with Gasteiger partial charge < -0.3 is 24.5 Å². The lowest BCUT2D eigenvalue weighted by Crippen LogP contribution is -2.40. The highest BCUT2D eigenvalue weighted by atomic mass is 19.1. The lowest BCUT2D eigenvalue weighted by atomic mass is 10.0. The van der Waals surface area contributed by atoms with Crippen molar-refractivity contribution >= 4 is 17.4 Å². The Hall–Kier alpha value is -4.07. The van der Waals surface area contributed by atoms with Gasteiger partial charge in [0.05, 0.1) is 32.2 Å². The summed E-state index contributed by atoms with van der Waals surface area (Å²) in [7, 11) is 3.15. The smallest absolute Gasteiger partial charge is 0.322 e. The summed E-state index contributed by atoms with van der Waals surface area (Å²) in [5.74, 6) is 0.932. The summed E-state index contributed by atoms with van der Waals surface area (Å²) in [5.41, 5.74) is 2.78. The quantitative estimate of drug-likeness (QED) is 0.506. The molecule has 7 nitrogen and oxygen atoms in total. The molecule has 176 valence electrons. The van der Waals surface area contributed by atoms with Crippen LogP contribution in [0.1, 0.15) is 17.5 Å². The van der Waals surface area contributed by atoms with E-state index in [1.807, 2.05) is 36.4 Å².